The fourth-order valence-electron chi connectivity index (χ4n) is 3.30. The molecule has 2 aliphatic rings. The van der Waals surface area contributed by atoms with Crippen molar-refractivity contribution in [3.8, 4) is 0 Å². The van der Waals surface area contributed by atoms with Gasteiger partial charge in [0.15, 0.2) is 0 Å². The number of carbonyl (C=O) groups excluding carboxylic acids is 2. The van der Waals surface area contributed by atoms with E-state index in [1.54, 1.807) is 20.7 Å². The number of piperidine rings is 2. The molecule has 0 saturated carbocycles. The second kappa shape index (κ2) is 11.7. The van der Waals surface area contributed by atoms with Crippen molar-refractivity contribution in [2.45, 2.75) is 39.3 Å². The predicted octanol–water partition coefficient (Wildman–Crippen LogP) is -0.164. The van der Waals surface area contributed by atoms with E-state index in [0.29, 0.717) is 0 Å². The molecule has 0 unspecified atom stereocenters. The summed E-state index contributed by atoms with van der Waals surface area (Å²) in [4.78, 5) is 30.9. The Kier molecular flexibility index (Phi) is 10.4. The van der Waals surface area contributed by atoms with Gasteiger partial charge < -0.3 is 24.5 Å². The zero-order valence-electron chi connectivity index (χ0n) is 16.5. The highest BCUT2D eigenvalue weighted by Gasteiger charge is 2.29. The first-order chi connectivity index (χ1) is 12.3. The lowest BCUT2D eigenvalue weighted by Crippen LogP contribution is -2.46. The first-order valence-corrected chi connectivity index (χ1v) is 9.41. The van der Waals surface area contributed by atoms with Crippen molar-refractivity contribution in [2.24, 2.45) is 11.8 Å². The number of hydrogen-bond acceptors (Lipinski definition) is 7. The molecule has 0 aromatic carbocycles. The van der Waals surface area contributed by atoms with Gasteiger partial charge in [-0.3, -0.25) is 9.63 Å². The lowest BCUT2D eigenvalue weighted by Gasteiger charge is -2.33. The maximum atomic E-state index is 11.7. The quantitative estimate of drug-likeness (QED) is 0.395. The molecule has 0 bridgehead atoms. The zero-order valence-corrected chi connectivity index (χ0v) is 16.5. The molecule has 0 spiro atoms. The topological polar surface area (TPSA) is 93.5 Å². The van der Waals surface area contributed by atoms with Gasteiger partial charge in [0, 0.05) is 18.9 Å². The van der Waals surface area contributed by atoms with Gasteiger partial charge >= 0.3 is 14.1 Å². The molecule has 0 aromatic rings. The molecular weight excluding hydrogens is 336 g/mol. The van der Waals surface area contributed by atoms with E-state index in [1.807, 2.05) is 9.62 Å². The fraction of sp³-hybridized carbons (Fsp3) is 0.875. The highest BCUT2D eigenvalue weighted by molar-refractivity contribution is 6.45. The minimum absolute atomic E-state index is 0.0303. The molecule has 2 N–H and O–H groups in total. The molecule has 0 aliphatic carbocycles. The van der Waals surface area contributed by atoms with Crippen LogP contribution in [-0.4, -0.2) is 91.4 Å². The van der Waals surface area contributed by atoms with Crippen molar-refractivity contribution in [2.75, 3.05) is 40.3 Å². The molecule has 148 valence electrons. The molecule has 2 aliphatic heterocycles. The normalized spacial score (nSPS) is 20.1. The molecule has 2 heterocycles. The van der Waals surface area contributed by atoms with Crippen LogP contribution in [0.25, 0.3) is 0 Å². The van der Waals surface area contributed by atoms with Gasteiger partial charge in [0.25, 0.3) is 0 Å². The third-order valence-electron chi connectivity index (χ3n) is 5.29. The molecular formula is C16H33B2N3O5. The van der Waals surface area contributed by atoms with Crippen LogP contribution in [-0.2, 0) is 14.4 Å². The number of carbonyl (C=O) groups is 2. The molecule has 2 fully saturated rings. The molecule has 26 heavy (non-hydrogen) atoms. The average Bonchev–Trinajstić information content (AvgIpc) is 2.67. The molecule has 0 aromatic heterocycles. The van der Waals surface area contributed by atoms with Crippen molar-refractivity contribution in [3.63, 3.8) is 0 Å². The summed E-state index contributed by atoms with van der Waals surface area (Å²) >= 11 is 0. The number of rotatable bonds is 5. The number of amides is 1. The van der Waals surface area contributed by atoms with Crippen LogP contribution in [0.2, 0.25) is 13.6 Å². The van der Waals surface area contributed by atoms with Gasteiger partial charge in [0.05, 0.1) is 7.11 Å². The lowest BCUT2D eigenvalue weighted by atomic mass is 9.81. The van der Waals surface area contributed by atoms with Crippen molar-refractivity contribution < 1.29 is 24.5 Å². The Labute approximate surface area is 157 Å². The highest BCUT2D eigenvalue weighted by atomic mass is 16.7. The largest absolute Gasteiger partial charge is 0.437 e. The number of hydrogen-bond donors (Lipinski definition) is 2. The second-order valence-corrected chi connectivity index (χ2v) is 7.10. The van der Waals surface area contributed by atoms with E-state index in [-0.39, 0.29) is 24.8 Å². The fourth-order valence-corrected chi connectivity index (χ4v) is 3.30. The van der Waals surface area contributed by atoms with Gasteiger partial charge in [-0.1, -0.05) is 0 Å². The summed E-state index contributed by atoms with van der Waals surface area (Å²) in [6, 6.07) is 0. The molecule has 2 saturated heterocycles. The number of hydroxylamine groups is 2. The van der Waals surface area contributed by atoms with Gasteiger partial charge in [0.2, 0.25) is 5.91 Å². The van der Waals surface area contributed by atoms with Gasteiger partial charge in [-0.05, 0) is 65.5 Å². The summed E-state index contributed by atoms with van der Waals surface area (Å²) in [5.41, 5.74) is 0. The number of aldehydes is 1. The van der Waals surface area contributed by atoms with Crippen LogP contribution in [0, 0.1) is 11.8 Å². The van der Waals surface area contributed by atoms with Crippen LogP contribution in [0.4, 0.5) is 0 Å². The Morgan fingerprint density at radius 3 is 1.81 bits per heavy atom. The Bertz CT molecular complexity index is 426. The average molecular weight is 369 g/mol. The van der Waals surface area contributed by atoms with Gasteiger partial charge in [-0.15, -0.1) is 0 Å². The smallest absolute Gasteiger partial charge is 0.376 e. The third kappa shape index (κ3) is 7.36. The summed E-state index contributed by atoms with van der Waals surface area (Å²) < 4.78 is 0. The van der Waals surface area contributed by atoms with E-state index < -0.39 is 7.05 Å². The molecule has 8 nitrogen and oxygen atoms in total. The minimum atomic E-state index is -0.416. The first-order valence-electron chi connectivity index (χ1n) is 9.41. The molecule has 0 radical (unpaired) electrons. The standard InChI is InChI=1S/C9H19BN2O3.C7H14BNO2/c1-10(14)12-6-4-8(5-7-12)9(13)11(2)15-3;1-8(11)9-4-2-7(6-10)3-5-9/h8,14H,4-7H2,1-3H3;6-7,11H,2-5H2,1H3. The van der Waals surface area contributed by atoms with Crippen LogP contribution in [0.15, 0.2) is 0 Å². The van der Waals surface area contributed by atoms with E-state index in [9.17, 15) is 19.6 Å². The zero-order chi connectivity index (χ0) is 19.7. The van der Waals surface area contributed by atoms with Crippen molar-refractivity contribution in [3.05, 3.63) is 0 Å². The van der Waals surface area contributed by atoms with E-state index >= 15 is 0 Å². The first kappa shape index (κ1) is 23.1. The summed E-state index contributed by atoms with van der Waals surface area (Å²) in [5, 5.41) is 19.8. The summed E-state index contributed by atoms with van der Waals surface area (Å²) in [5.74, 6) is 0.290. The molecule has 0 atom stereocenters. The molecule has 2 rings (SSSR count). The lowest BCUT2D eigenvalue weighted by molar-refractivity contribution is -0.174. The Morgan fingerprint density at radius 2 is 1.46 bits per heavy atom. The second-order valence-electron chi connectivity index (χ2n) is 7.10. The predicted molar refractivity (Wildman–Crippen MR) is 102 cm³/mol. The molecule has 10 heteroatoms. The van der Waals surface area contributed by atoms with Gasteiger partial charge in [-0.2, -0.15) is 0 Å². The van der Waals surface area contributed by atoms with Gasteiger partial charge in [-0.25, -0.2) is 5.06 Å². The maximum Gasteiger partial charge on any atom is 0.376 e. The Balaban J connectivity index is 0.000000273. The van der Waals surface area contributed by atoms with Crippen LogP contribution in [0.5, 0.6) is 0 Å². The third-order valence-corrected chi connectivity index (χ3v) is 5.29. The summed E-state index contributed by atoms with van der Waals surface area (Å²) in [7, 11) is 2.34. The van der Waals surface area contributed by atoms with E-state index in [4.69, 9.17) is 4.84 Å². The summed E-state index contributed by atoms with van der Waals surface area (Å²) in [6.07, 6.45) is 4.40. The Hall–Kier alpha value is -0.930. The molecule has 1 amide bonds. The Morgan fingerprint density at radius 1 is 1.04 bits per heavy atom. The van der Waals surface area contributed by atoms with Gasteiger partial charge in [0.1, 0.15) is 6.29 Å². The maximum absolute atomic E-state index is 11.7. The number of nitrogens with zero attached hydrogens (tertiary/aromatic N) is 3. The van der Waals surface area contributed by atoms with E-state index in [1.165, 1.54) is 12.2 Å². The van der Waals surface area contributed by atoms with E-state index in [2.05, 4.69) is 0 Å². The SMILES string of the molecule is CB(O)N1CCC(C=O)CC1.CON(C)C(=O)C1CCN(B(C)O)CC1. The highest BCUT2D eigenvalue weighted by Crippen LogP contribution is 2.19. The minimum Gasteiger partial charge on any atom is -0.437 e. The monoisotopic (exact) mass is 369 g/mol. The van der Waals surface area contributed by atoms with Crippen molar-refractivity contribution in [1.82, 2.24) is 14.7 Å². The van der Waals surface area contributed by atoms with Crippen LogP contribution in [0.1, 0.15) is 25.7 Å². The van der Waals surface area contributed by atoms with Crippen LogP contribution in [0.3, 0.4) is 0 Å². The van der Waals surface area contributed by atoms with Crippen molar-refractivity contribution in [1.29, 1.82) is 0 Å². The van der Waals surface area contributed by atoms with Crippen LogP contribution >= 0.6 is 0 Å². The van der Waals surface area contributed by atoms with Crippen molar-refractivity contribution >= 4 is 26.3 Å². The van der Waals surface area contributed by atoms with E-state index in [0.717, 1.165) is 58.1 Å². The summed E-state index contributed by atoms with van der Waals surface area (Å²) in [6.45, 7) is 6.75. The van der Waals surface area contributed by atoms with Crippen LogP contribution < -0.4 is 0 Å².